The smallest absolute Gasteiger partial charge is 0.462 e. The number of aliphatic hydroxyl groups is 1. The van der Waals surface area contributed by atoms with Gasteiger partial charge < -0.3 is 25.2 Å². The number of allylic oxidation sites excluding steroid dienone is 9. The van der Waals surface area contributed by atoms with E-state index in [1.54, 1.807) is 12.2 Å². The van der Waals surface area contributed by atoms with Crippen LogP contribution in [0.5, 0.6) is 0 Å². The average molecular weight is 810 g/mol. The highest BCUT2D eigenvalue weighted by molar-refractivity contribution is 7.47. The molecule has 0 saturated carbocycles. The van der Waals surface area contributed by atoms with E-state index >= 15 is 0 Å². The molecule has 0 aliphatic heterocycles. The monoisotopic (exact) mass is 810 g/mol. The van der Waals surface area contributed by atoms with Crippen molar-refractivity contribution in [2.75, 3.05) is 26.4 Å². The van der Waals surface area contributed by atoms with E-state index in [9.17, 15) is 24.2 Å². The second kappa shape index (κ2) is 40.9. The molecule has 324 valence electrons. The second-order valence-corrected chi connectivity index (χ2v) is 15.9. The van der Waals surface area contributed by atoms with E-state index in [0.717, 1.165) is 44.9 Å². The summed E-state index contributed by atoms with van der Waals surface area (Å²) < 4.78 is 32.6. The first kappa shape index (κ1) is 53.7. The van der Waals surface area contributed by atoms with Crippen molar-refractivity contribution < 1.29 is 42.7 Å². The number of aliphatic hydroxyl groups excluding tert-OH is 1. The third-order valence-electron chi connectivity index (χ3n) is 8.98. The van der Waals surface area contributed by atoms with Gasteiger partial charge in [-0.2, -0.15) is 0 Å². The highest BCUT2D eigenvalue weighted by atomic mass is 31.2. The molecule has 0 aromatic rings. The van der Waals surface area contributed by atoms with Crippen LogP contribution in [0.2, 0.25) is 0 Å². The largest absolute Gasteiger partial charge is 0.472 e. The number of rotatable bonds is 40. The lowest BCUT2D eigenvalue weighted by atomic mass is 10.1. The maximum Gasteiger partial charge on any atom is 0.472 e. The fourth-order valence-corrected chi connectivity index (χ4v) is 6.44. The second-order valence-electron chi connectivity index (χ2n) is 14.4. The lowest BCUT2D eigenvalue weighted by Gasteiger charge is -2.20. The van der Waals surface area contributed by atoms with Crippen molar-refractivity contribution >= 4 is 19.8 Å². The summed E-state index contributed by atoms with van der Waals surface area (Å²) in [6.45, 7) is 3.46. The molecule has 4 N–H and O–H groups in total. The minimum atomic E-state index is -4.42. The maximum atomic E-state index is 12.6. The molecule has 0 aliphatic rings. The van der Waals surface area contributed by atoms with E-state index in [4.69, 9.17) is 24.3 Å². The first-order valence-corrected chi connectivity index (χ1v) is 23.4. The molecule has 0 amide bonds. The van der Waals surface area contributed by atoms with E-state index in [-0.39, 0.29) is 32.6 Å². The van der Waals surface area contributed by atoms with Crippen LogP contribution < -0.4 is 5.73 Å². The summed E-state index contributed by atoms with van der Waals surface area (Å²) in [5, 5.41) is 10.2. The Morgan fingerprint density at radius 2 is 1.14 bits per heavy atom. The number of nitrogens with two attached hydrogens (primary N) is 1. The summed E-state index contributed by atoms with van der Waals surface area (Å²) in [4.78, 5) is 34.9. The summed E-state index contributed by atoms with van der Waals surface area (Å²) in [7, 11) is -4.42. The molecule has 0 radical (unpaired) electrons. The summed E-state index contributed by atoms with van der Waals surface area (Å²) in [5.74, 6) is -1.04. The van der Waals surface area contributed by atoms with Crippen molar-refractivity contribution in [2.45, 2.75) is 187 Å². The molecule has 11 heteroatoms. The molecule has 0 heterocycles. The van der Waals surface area contributed by atoms with Crippen molar-refractivity contribution in [1.29, 1.82) is 0 Å². The lowest BCUT2D eigenvalue weighted by Crippen LogP contribution is -2.29. The normalized spacial score (nSPS) is 14.4. The number of phosphoric acid groups is 1. The lowest BCUT2D eigenvalue weighted by molar-refractivity contribution is -0.161. The van der Waals surface area contributed by atoms with Crippen molar-refractivity contribution in [3.8, 4) is 0 Å². The maximum absolute atomic E-state index is 12.6. The Kier molecular flexibility index (Phi) is 39.2. The average Bonchev–Trinajstić information content (AvgIpc) is 3.18. The van der Waals surface area contributed by atoms with Gasteiger partial charge in [0.25, 0.3) is 0 Å². The van der Waals surface area contributed by atoms with E-state index in [2.05, 4.69) is 50.3 Å². The third kappa shape index (κ3) is 39.9. The van der Waals surface area contributed by atoms with Gasteiger partial charge in [-0.3, -0.25) is 18.6 Å². The van der Waals surface area contributed by atoms with Crippen molar-refractivity contribution in [3.05, 3.63) is 60.8 Å². The fraction of sp³-hybridized carbons (Fsp3) is 0.733. The number of ether oxygens (including phenoxy) is 2. The Labute approximate surface area is 341 Å². The van der Waals surface area contributed by atoms with Gasteiger partial charge in [0.2, 0.25) is 0 Å². The van der Waals surface area contributed by atoms with Crippen LogP contribution in [0.25, 0.3) is 0 Å². The number of unbranched alkanes of at least 4 members (excludes halogenated alkanes) is 16. The first-order valence-electron chi connectivity index (χ1n) is 21.9. The molecule has 0 bridgehead atoms. The van der Waals surface area contributed by atoms with Crippen LogP contribution in [-0.2, 0) is 32.7 Å². The van der Waals surface area contributed by atoms with E-state index in [1.807, 2.05) is 12.2 Å². The van der Waals surface area contributed by atoms with Crippen molar-refractivity contribution in [2.24, 2.45) is 5.73 Å². The summed E-state index contributed by atoms with van der Waals surface area (Å²) in [6.07, 6.45) is 44.2. The molecule has 0 spiro atoms. The predicted octanol–water partition coefficient (Wildman–Crippen LogP) is 11.5. The van der Waals surface area contributed by atoms with E-state index in [1.165, 1.54) is 83.5 Å². The zero-order valence-electron chi connectivity index (χ0n) is 35.2. The number of esters is 2. The molecular weight excluding hydrogens is 729 g/mol. The minimum Gasteiger partial charge on any atom is -0.462 e. The van der Waals surface area contributed by atoms with Crippen LogP contribution in [0, 0.1) is 0 Å². The summed E-state index contributed by atoms with van der Waals surface area (Å²) in [5.41, 5.74) is 5.34. The van der Waals surface area contributed by atoms with Gasteiger partial charge in [-0.05, 0) is 70.6 Å². The van der Waals surface area contributed by atoms with Crippen LogP contribution in [0.4, 0.5) is 0 Å². The van der Waals surface area contributed by atoms with Gasteiger partial charge in [0.15, 0.2) is 6.10 Å². The fourth-order valence-electron chi connectivity index (χ4n) is 5.67. The molecule has 0 aromatic carbocycles. The molecule has 0 aromatic heterocycles. The van der Waals surface area contributed by atoms with Crippen LogP contribution in [0.1, 0.15) is 174 Å². The Balaban J connectivity index is 4.35. The Morgan fingerprint density at radius 1 is 0.625 bits per heavy atom. The molecule has 0 aliphatic carbocycles. The molecule has 0 rings (SSSR count). The molecule has 0 saturated heterocycles. The number of carbonyl (C=O) groups is 2. The van der Waals surface area contributed by atoms with Gasteiger partial charge in [-0.15, -0.1) is 0 Å². The van der Waals surface area contributed by atoms with E-state index < -0.39 is 38.6 Å². The van der Waals surface area contributed by atoms with Gasteiger partial charge in [-0.1, -0.05) is 152 Å². The molecule has 10 nitrogen and oxygen atoms in total. The number of phosphoric ester groups is 1. The molecule has 1 unspecified atom stereocenters. The minimum absolute atomic E-state index is 0.0248. The molecule has 0 fully saturated rings. The number of hydrogen-bond donors (Lipinski definition) is 3. The van der Waals surface area contributed by atoms with Gasteiger partial charge in [0, 0.05) is 19.4 Å². The predicted molar refractivity (Wildman–Crippen MR) is 230 cm³/mol. The quantitative estimate of drug-likeness (QED) is 0.0179. The van der Waals surface area contributed by atoms with E-state index in [0.29, 0.717) is 19.3 Å². The highest BCUT2D eigenvalue weighted by Gasteiger charge is 2.26. The standard InChI is InChI=1S/C45H80NO9P/c1-3-5-7-9-11-13-15-17-18-19-20-22-24-26-28-30-32-36-45(49)55-43(41-54-56(50,51)53-39-38-46)40-52-44(48)37-33-35-42(47)34-31-29-27-25-23-21-16-14-12-10-8-6-4-2/h12,14,17-18,21,23,27,29,31,34,42-43,47H,3-11,13,15-16,19-20,22,24-26,28,30,32-33,35-41,46H2,1-2H3,(H,50,51)/b14-12-,18-17-,23-21-,29-27-,34-31+/t42-,43-/m1/s1. The summed E-state index contributed by atoms with van der Waals surface area (Å²) in [6, 6.07) is 0. The first-order chi connectivity index (χ1) is 27.2. The zero-order chi connectivity index (χ0) is 41.2. The van der Waals surface area contributed by atoms with Crippen LogP contribution in [-0.4, -0.2) is 60.5 Å². The topological polar surface area (TPSA) is 155 Å². The van der Waals surface area contributed by atoms with Crippen molar-refractivity contribution in [3.63, 3.8) is 0 Å². The Morgan fingerprint density at radius 3 is 1.79 bits per heavy atom. The Bertz CT molecular complexity index is 1120. The number of hydrogen-bond acceptors (Lipinski definition) is 9. The van der Waals surface area contributed by atoms with Crippen molar-refractivity contribution in [1.82, 2.24) is 0 Å². The SMILES string of the molecule is CCCCC/C=C\C/C=C\C/C=C\C=C\[C@@H](O)CCCC(=O)OC[C@H](COP(=O)(O)OCCN)OC(=O)CCCCCCCCC/C=C\CCCCCCCC. The van der Waals surface area contributed by atoms with Gasteiger partial charge in [-0.25, -0.2) is 4.57 Å². The van der Waals surface area contributed by atoms with Gasteiger partial charge >= 0.3 is 19.8 Å². The highest BCUT2D eigenvalue weighted by Crippen LogP contribution is 2.43. The molecule has 3 atom stereocenters. The van der Waals surface area contributed by atoms with Gasteiger partial charge in [0.1, 0.15) is 6.61 Å². The van der Waals surface area contributed by atoms with Crippen LogP contribution in [0.3, 0.4) is 0 Å². The Hall–Kier alpha value is -2.33. The zero-order valence-corrected chi connectivity index (χ0v) is 36.1. The summed E-state index contributed by atoms with van der Waals surface area (Å²) >= 11 is 0. The van der Waals surface area contributed by atoms with Gasteiger partial charge in [0.05, 0.1) is 19.3 Å². The third-order valence-corrected chi connectivity index (χ3v) is 9.96. The van der Waals surface area contributed by atoms with Crippen LogP contribution >= 0.6 is 7.82 Å². The number of carbonyl (C=O) groups excluding carboxylic acids is 2. The molecular formula is C45H80NO9P. The van der Waals surface area contributed by atoms with Crippen LogP contribution in [0.15, 0.2) is 60.8 Å². The molecule has 56 heavy (non-hydrogen) atoms.